The van der Waals surface area contributed by atoms with Crippen LogP contribution in [0.4, 0.5) is 0 Å². The van der Waals surface area contributed by atoms with Crippen LogP contribution in [0.5, 0.6) is 5.75 Å². The van der Waals surface area contributed by atoms with Crippen molar-refractivity contribution in [3.8, 4) is 5.75 Å². The third-order valence-electron chi connectivity index (χ3n) is 1.47. The number of halogens is 1. The maximum absolute atomic E-state index is 11.2. The van der Waals surface area contributed by atoms with Crippen LogP contribution in [0.2, 0.25) is 5.02 Å². The molecule has 0 saturated carbocycles. The van der Waals surface area contributed by atoms with Crippen molar-refractivity contribution < 1.29 is 12.6 Å². The SMILES string of the molecule is CCCS(=O)(=O)Oc1cccc(Cl)c1. The van der Waals surface area contributed by atoms with E-state index >= 15 is 0 Å². The fourth-order valence-corrected chi connectivity index (χ4v) is 2.12. The van der Waals surface area contributed by atoms with Gasteiger partial charge in [-0.3, -0.25) is 0 Å². The largest absolute Gasteiger partial charge is 0.382 e. The van der Waals surface area contributed by atoms with E-state index in [-0.39, 0.29) is 11.5 Å². The van der Waals surface area contributed by atoms with Crippen molar-refractivity contribution in [3.05, 3.63) is 29.3 Å². The lowest BCUT2D eigenvalue weighted by Crippen LogP contribution is -2.12. The molecule has 0 spiro atoms. The van der Waals surface area contributed by atoms with E-state index in [2.05, 4.69) is 0 Å². The predicted octanol–water partition coefficient (Wildman–Crippen LogP) is 2.46. The lowest BCUT2D eigenvalue weighted by atomic mass is 10.3. The first-order chi connectivity index (χ1) is 6.53. The molecule has 0 aliphatic heterocycles. The highest BCUT2D eigenvalue weighted by Crippen LogP contribution is 2.18. The second kappa shape index (κ2) is 4.66. The molecule has 0 unspecified atom stereocenters. The van der Waals surface area contributed by atoms with Crippen molar-refractivity contribution in [2.45, 2.75) is 13.3 Å². The first-order valence-electron chi connectivity index (χ1n) is 4.21. The normalized spacial score (nSPS) is 11.3. The van der Waals surface area contributed by atoms with Gasteiger partial charge in [0.05, 0.1) is 5.75 Å². The average Bonchev–Trinajstić information content (AvgIpc) is 2.02. The van der Waals surface area contributed by atoms with E-state index in [9.17, 15) is 8.42 Å². The smallest absolute Gasteiger partial charge is 0.309 e. The molecule has 0 N–H and O–H groups in total. The molecule has 0 aliphatic rings. The Balaban J connectivity index is 2.79. The average molecular weight is 235 g/mol. The first kappa shape index (κ1) is 11.3. The molecule has 0 fully saturated rings. The molecule has 0 amide bonds. The second-order valence-corrected chi connectivity index (χ2v) is 4.93. The Hall–Kier alpha value is -0.740. The van der Waals surface area contributed by atoms with Gasteiger partial charge < -0.3 is 4.18 Å². The third kappa shape index (κ3) is 3.55. The van der Waals surface area contributed by atoms with Gasteiger partial charge in [0.25, 0.3) is 0 Å². The highest BCUT2D eigenvalue weighted by atomic mass is 35.5. The molecular formula is C9H11ClO3S. The lowest BCUT2D eigenvalue weighted by Gasteiger charge is -2.05. The van der Waals surface area contributed by atoms with Gasteiger partial charge in [-0.15, -0.1) is 0 Å². The number of rotatable bonds is 4. The molecule has 0 radical (unpaired) electrons. The molecule has 1 aromatic carbocycles. The minimum absolute atomic E-state index is 0.0134. The van der Waals surface area contributed by atoms with Crippen LogP contribution in [0.1, 0.15) is 13.3 Å². The number of hydrogen-bond donors (Lipinski definition) is 0. The Bertz CT molecular complexity index is 400. The highest BCUT2D eigenvalue weighted by Gasteiger charge is 2.10. The van der Waals surface area contributed by atoms with E-state index in [1.54, 1.807) is 25.1 Å². The molecule has 3 nitrogen and oxygen atoms in total. The summed E-state index contributed by atoms with van der Waals surface area (Å²) in [6.45, 7) is 1.78. The van der Waals surface area contributed by atoms with E-state index < -0.39 is 10.1 Å². The van der Waals surface area contributed by atoms with Crippen molar-refractivity contribution in [1.82, 2.24) is 0 Å². The van der Waals surface area contributed by atoms with Crippen molar-refractivity contribution in [2.75, 3.05) is 5.75 Å². The molecule has 0 bridgehead atoms. The molecule has 0 atom stereocenters. The van der Waals surface area contributed by atoms with Crippen LogP contribution in [0.25, 0.3) is 0 Å². The molecule has 1 aromatic rings. The van der Waals surface area contributed by atoms with Gasteiger partial charge in [-0.2, -0.15) is 8.42 Å². The van der Waals surface area contributed by atoms with Gasteiger partial charge in [0.2, 0.25) is 0 Å². The van der Waals surface area contributed by atoms with Gasteiger partial charge in [0.1, 0.15) is 5.75 Å². The van der Waals surface area contributed by atoms with Gasteiger partial charge >= 0.3 is 10.1 Å². The molecular weight excluding hydrogens is 224 g/mol. The standard InChI is InChI=1S/C9H11ClO3S/c1-2-6-14(11,12)13-9-5-3-4-8(10)7-9/h3-5,7H,2,6H2,1H3. The molecule has 14 heavy (non-hydrogen) atoms. The van der Waals surface area contributed by atoms with Crippen LogP contribution in [0.3, 0.4) is 0 Å². The Labute approximate surface area is 88.8 Å². The molecule has 5 heteroatoms. The zero-order valence-corrected chi connectivity index (χ0v) is 9.31. The summed E-state index contributed by atoms with van der Waals surface area (Å²) in [5.41, 5.74) is 0. The Morgan fingerprint density at radius 3 is 2.71 bits per heavy atom. The minimum Gasteiger partial charge on any atom is -0.382 e. The summed E-state index contributed by atoms with van der Waals surface area (Å²) in [4.78, 5) is 0. The first-order valence-corrected chi connectivity index (χ1v) is 6.17. The molecule has 0 saturated heterocycles. The van der Waals surface area contributed by atoms with Crippen LogP contribution in [0.15, 0.2) is 24.3 Å². The summed E-state index contributed by atoms with van der Waals surface area (Å²) < 4.78 is 27.3. The molecule has 0 aromatic heterocycles. The summed E-state index contributed by atoms with van der Waals surface area (Å²) in [6, 6.07) is 6.31. The van der Waals surface area contributed by atoms with E-state index in [0.29, 0.717) is 11.4 Å². The highest BCUT2D eigenvalue weighted by molar-refractivity contribution is 7.87. The lowest BCUT2D eigenvalue weighted by molar-refractivity contribution is 0.485. The molecule has 0 aliphatic carbocycles. The van der Waals surface area contributed by atoms with Gasteiger partial charge in [0.15, 0.2) is 0 Å². The summed E-state index contributed by atoms with van der Waals surface area (Å²) in [5, 5.41) is 0.453. The zero-order chi connectivity index (χ0) is 10.6. The summed E-state index contributed by atoms with van der Waals surface area (Å²) in [7, 11) is -3.46. The van der Waals surface area contributed by atoms with Gasteiger partial charge in [-0.05, 0) is 18.6 Å². The van der Waals surface area contributed by atoms with Crippen molar-refractivity contribution in [3.63, 3.8) is 0 Å². The molecule has 78 valence electrons. The number of hydrogen-bond acceptors (Lipinski definition) is 3. The van der Waals surface area contributed by atoms with E-state index in [1.165, 1.54) is 6.07 Å². The van der Waals surface area contributed by atoms with Gasteiger partial charge in [-0.1, -0.05) is 24.6 Å². The van der Waals surface area contributed by atoms with E-state index in [0.717, 1.165) is 0 Å². The topological polar surface area (TPSA) is 43.4 Å². The minimum atomic E-state index is -3.46. The third-order valence-corrected chi connectivity index (χ3v) is 3.06. The molecule has 1 rings (SSSR count). The zero-order valence-electron chi connectivity index (χ0n) is 7.73. The Kier molecular flexibility index (Phi) is 3.77. The fraction of sp³-hybridized carbons (Fsp3) is 0.333. The second-order valence-electron chi connectivity index (χ2n) is 2.80. The van der Waals surface area contributed by atoms with Crippen LogP contribution < -0.4 is 4.18 Å². The quantitative estimate of drug-likeness (QED) is 0.752. The van der Waals surface area contributed by atoms with Crippen molar-refractivity contribution in [2.24, 2.45) is 0 Å². The van der Waals surface area contributed by atoms with Crippen LogP contribution in [0, 0.1) is 0 Å². The van der Waals surface area contributed by atoms with E-state index in [4.69, 9.17) is 15.8 Å². The Morgan fingerprint density at radius 1 is 1.43 bits per heavy atom. The van der Waals surface area contributed by atoms with Crippen molar-refractivity contribution in [1.29, 1.82) is 0 Å². The summed E-state index contributed by atoms with van der Waals surface area (Å²) in [5.74, 6) is 0.269. The summed E-state index contributed by atoms with van der Waals surface area (Å²) in [6.07, 6.45) is 0.531. The predicted molar refractivity (Wildman–Crippen MR) is 56.2 cm³/mol. The van der Waals surface area contributed by atoms with Gasteiger partial charge in [0, 0.05) is 11.1 Å². The maximum Gasteiger partial charge on any atom is 0.309 e. The fourth-order valence-electron chi connectivity index (χ4n) is 0.957. The maximum atomic E-state index is 11.2. The van der Waals surface area contributed by atoms with Crippen LogP contribution in [-0.4, -0.2) is 14.2 Å². The van der Waals surface area contributed by atoms with Crippen LogP contribution in [-0.2, 0) is 10.1 Å². The van der Waals surface area contributed by atoms with E-state index in [1.807, 2.05) is 0 Å². The van der Waals surface area contributed by atoms with Crippen molar-refractivity contribution >= 4 is 21.7 Å². The number of benzene rings is 1. The van der Waals surface area contributed by atoms with Crippen LogP contribution >= 0.6 is 11.6 Å². The Morgan fingerprint density at radius 2 is 2.14 bits per heavy atom. The monoisotopic (exact) mass is 234 g/mol. The molecule has 0 heterocycles. The van der Waals surface area contributed by atoms with Gasteiger partial charge in [-0.25, -0.2) is 0 Å². The summed E-state index contributed by atoms with van der Waals surface area (Å²) >= 11 is 5.68.